The van der Waals surface area contributed by atoms with Crippen LogP contribution >= 0.6 is 0 Å². The van der Waals surface area contributed by atoms with Crippen LogP contribution in [0.5, 0.6) is 0 Å². The first kappa shape index (κ1) is 14.1. The van der Waals surface area contributed by atoms with Crippen LogP contribution in [0.4, 0.5) is 0 Å². The van der Waals surface area contributed by atoms with Crippen LogP contribution in [-0.4, -0.2) is 24.5 Å². The highest BCUT2D eigenvalue weighted by Gasteiger charge is 2.23. The van der Waals surface area contributed by atoms with Gasteiger partial charge >= 0.3 is 0 Å². The van der Waals surface area contributed by atoms with E-state index >= 15 is 0 Å². The van der Waals surface area contributed by atoms with Crippen LogP contribution in [0.15, 0.2) is 61.2 Å². The predicted molar refractivity (Wildman–Crippen MR) is 89.8 cm³/mol. The molecule has 1 unspecified atom stereocenters. The molecule has 2 aromatic carbocycles. The highest BCUT2D eigenvalue weighted by Crippen LogP contribution is 2.32. The van der Waals surface area contributed by atoms with Crippen molar-refractivity contribution in [3.8, 4) is 0 Å². The molecule has 0 fully saturated rings. The lowest BCUT2D eigenvalue weighted by Crippen LogP contribution is -2.28. The molecule has 108 valence electrons. The summed E-state index contributed by atoms with van der Waals surface area (Å²) < 4.78 is 0. The van der Waals surface area contributed by atoms with Crippen molar-refractivity contribution in [1.82, 2.24) is 4.90 Å². The highest BCUT2D eigenvalue weighted by molar-refractivity contribution is 5.41. The summed E-state index contributed by atoms with van der Waals surface area (Å²) in [5.41, 5.74) is 5.78. The summed E-state index contributed by atoms with van der Waals surface area (Å²) in [5.74, 6) is 0.462. The van der Waals surface area contributed by atoms with Gasteiger partial charge in [-0.25, -0.2) is 0 Å². The molecule has 0 radical (unpaired) electrons. The smallest absolute Gasteiger partial charge is 0.0220 e. The van der Waals surface area contributed by atoms with E-state index in [9.17, 15) is 0 Å². The summed E-state index contributed by atoms with van der Waals surface area (Å²) >= 11 is 0. The summed E-state index contributed by atoms with van der Waals surface area (Å²) in [6.07, 6.45) is 3.15. The molecule has 21 heavy (non-hydrogen) atoms. The van der Waals surface area contributed by atoms with Crippen molar-refractivity contribution in [3.05, 3.63) is 83.4 Å². The Morgan fingerprint density at radius 2 is 2.00 bits per heavy atom. The Hall–Kier alpha value is -1.86. The molecule has 1 aliphatic heterocycles. The fourth-order valence-electron chi connectivity index (χ4n) is 3.31. The normalized spacial score (nSPS) is 18.8. The minimum Gasteiger partial charge on any atom is -0.298 e. The lowest BCUT2D eigenvalue weighted by Gasteiger charge is -2.24. The number of aryl methyl sites for hydroxylation is 1. The van der Waals surface area contributed by atoms with Crippen LogP contribution in [0.3, 0.4) is 0 Å². The molecule has 1 heteroatoms. The summed E-state index contributed by atoms with van der Waals surface area (Å²) in [6, 6.07) is 17.8. The van der Waals surface area contributed by atoms with Gasteiger partial charge in [-0.3, -0.25) is 4.90 Å². The van der Waals surface area contributed by atoms with Gasteiger partial charge in [-0.05, 0) is 30.0 Å². The second-order valence-corrected chi connectivity index (χ2v) is 5.96. The first-order valence-corrected chi connectivity index (χ1v) is 7.75. The van der Waals surface area contributed by atoms with Gasteiger partial charge in [0, 0.05) is 25.6 Å². The third-order valence-corrected chi connectivity index (χ3v) is 4.40. The van der Waals surface area contributed by atoms with Crippen molar-refractivity contribution in [2.75, 3.05) is 19.6 Å². The number of benzene rings is 2. The zero-order valence-corrected chi connectivity index (χ0v) is 12.8. The van der Waals surface area contributed by atoms with Gasteiger partial charge in [0.1, 0.15) is 0 Å². The van der Waals surface area contributed by atoms with Gasteiger partial charge in [0.25, 0.3) is 0 Å². The summed E-state index contributed by atoms with van der Waals surface area (Å²) in [4.78, 5) is 2.51. The molecule has 1 aliphatic rings. The van der Waals surface area contributed by atoms with Crippen LogP contribution in [0.2, 0.25) is 0 Å². The first-order chi connectivity index (χ1) is 10.3. The highest BCUT2D eigenvalue weighted by atomic mass is 15.1. The number of hydrogen-bond donors (Lipinski definition) is 0. The predicted octanol–water partition coefficient (Wildman–Crippen LogP) is 4.17. The molecule has 0 amide bonds. The average molecular weight is 277 g/mol. The molecule has 0 aromatic heterocycles. The summed E-state index contributed by atoms with van der Waals surface area (Å²) in [6.45, 7) is 9.25. The Bertz CT molecular complexity index is 615. The zero-order chi connectivity index (χ0) is 14.7. The zero-order valence-electron chi connectivity index (χ0n) is 12.8. The second kappa shape index (κ2) is 6.28. The van der Waals surface area contributed by atoms with Gasteiger partial charge in [-0.15, -0.1) is 6.58 Å². The quantitative estimate of drug-likeness (QED) is 0.761. The molecule has 1 heterocycles. The molecule has 3 rings (SSSR count). The molecule has 2 aromatic rings. The fraction of sp³-hybridized carbons (Fsp3) is 0.300. The topological polar surface area (TPSA) is 3.24 Å². The monoisotopic (exact) mass is 277 g/mol. The van der Waals surface area contributed by atoms with E-state index in [4.69, 9.17) is 0 Å². The Kier molecular flexibility index (Phi) is 4.21. The van der Waals surface area contributed by atoms with Gasteiger partial charge in [0.05, 0.1) is 0 Å². The van der Waals surface area contributed by atoms with E-state index in [1.807, 2.05) is 6.08 Å². The molecule has 0 N–H and O–H groups in total. The number of fused-ring (bicyclic) bond motifs is 1. The Labute approximate surface area is 127 Å². The third kappa shape index (κ3) is 3.08. The van der Waals surface area contributed by atoms with Crippen molar-refractivity contribution in [3.63, 3.8) is 0 Å². The largest absolute Gasteiger partial charge is 0.298 e. The molecular formula is C20H23N. The van der Waals surface area contributed by atoms with Crippen molar-refractivity contribution in [2.45, 2.75) is 19.3 Å². The van der Waals surface area contributed by atoms with Crippen LogP contribution in [0, 0.1) is 6.92 Å². The van der Waals surface area contributed by atoms with Crippen molar-refractivity contribution >= 4 is 0 Å². The van der Waals surface area contributed by atoms with E-state index < -0.39 is 0 Å². The number of hydrogen-bond acceptors (Lipinski definition) is 1. The lowest BCUT2D eigenvalue weighted by molar-refractivity contribution is 0.306. The molecule has 0 bridgehead atoms. The molecule has 0 spiro atoms. The fourth-order valence-corrected chi connectivity index (χ4v) is 3.31. The van der Waals surface area contributed by atoms with Crippen LogP contribution < -0.4 is 0 Å². The Balaban J connectivity index is 2.04. The van der Waals surface area contributed by atoms with E-state index in [0.717, 1.165) is 26.1 Å². The maximum atomic E-state index is 3.90. The van der Waals surface area contributed by atoms with Gasteiger partial charge in [0.2, 0.25) is 0 Å². The first-order valence-electron chi connectivity index (χ1n) is 7.75. The van der Waals surface area contributed by atoms with E-state index in [1.54, 1.807) is 0 Å². The Morgan fingerprint density at radius 1 is 1.19 bits per heavy atom. The average Bonchev–Trinajstić information content (AvgIpc) is 2.68. The SMILES string of the molecule is C=CCN1CCc2ccc(C)cc2C(c2ccccc2)C1. The Morgan fingerprint density at radius 3 is 2.76 bits per heavy atom. The maximum Gasteiger partial charge on any atom is 0.0220 e. The van der Waals surface area contributed by atoms with Gasteiger partial charge in [-0.1, -0.05) is 60.2 Å². The van der Waals surface area contributed by atoms with Crippen molar-refractivity contribution in [1.29, 1.82) is 0 Å². The van der Waals surface area contributed by atoms with E-state index in [-0.39, 0.29) is 0 Å². The minimum atomic E-state index is 0.462. The second-order valence-electron chi connectivity index (χ2n) is 5.96. The molecule has 0 saturated carbocycles. The number of nitrogens with zero attached hydrogens (tertiary/aromatic N) is 1. The number of rotatable bonds is 3. The van der Waals surface area contributed by atoms with Crippen molar-refractivity contribution in [2.24, 2.45) is 0 Å². The van der Waals surface area contributed by atoms with Crippen LogP contribution in [0.25, 0.3) is 0 Å². The minimum absolute atomic E-state index is 0.462. The van der Waals surface area contributed by atoms with Crippen LogP contribution in [0.1, 0.15) is 28.2 Å². The van der Waals surface area contributed by atoms with Gasteiger partial charge < -0.3 is 0 Å². The summed E-state index contributed by atoms with van der Waals surface area (Å²) in [7, 11) is 0. The van der Waals surface area contributed by atoms with E-state index in [2.05, 4.69) is 66.9 Å². The molecule has 0 aliphatic carbocycles. The molecule has 0 saturated heterocycles. The maximum absolute atomic E-state index is 3.90. The van der Waals surface area contributed by atoms with E-state index in [1.165, 1.54) is 22.3 Å². The van der Waals surface area contributed by atoms with Gasteiger partial charge in [0.15, 0.2) is 0 Å². The standard InChI is InChI=1S/C20H23N/c1-3-12-21-13-11-18-10-9-16(2)14-19(18)20(15-21)17-7-5-4-6-8-17/h3-10,14,20H,1,11-13,15H2,2H3. The van der Waals surface area contributed by atoms with Gasteiger partial charge in [-0.2, -0.15) is 0 Å². The molecule has 1 nitrogen and oxygen atoms in total. The lowest BCUT2D eigenvalue weighted by atomic mass is 9.87. The molecular weight excluding hydrogens is 254 g/mol. The summed E-state index contributed by atoms with van der Waals surface area (Å²) in [5, 5.41) is 0. The third-order valence-electron chi connectivity index (χ3n) is 4.40. The van der Waals surface area contributed by atoms with Crippen LogP contribution in [-0.2, 0) is 6.42 Å². The van der Waals surface area contributed by atoms with E-state index in [0.29, 0.717) is 5.92 Å². The molecule has 1 atom stereocenters. The van der Waals surface area contributed by atoms with Crippen molar-refractivity contribution < 1.29 is 0 Å².